The second-order valence-electron chi connectivity index (χ2n) is 4.03. The highest BCUT2D eigenvalue weighted by Gasteiger charge is 2.05. The molecule has 2 rings (SSSR count). The number of thioether (sulfide) groups is 1. The Bertz CT molecular complexity index is 569. The molecule has 0 saturated carbocycles. The van der Waals surface area contributed by atoms with Gasteiger partial charge in [-0.3, -0.25) is 4.79 Å². The quantitative estimate of drug-likeness (QED) is 0.656. The van der Waals surface area contributed by atoms with Crippen LogP contribution in [0.5, 0.6) is 0 Å². The number of amides is 1. The van der Waals surface area contributed by atoms with Gasteiger partial charge in [-0.05, 0) is 25.1 Å². The number of carbonyl (C=O) groups excluding carboxylic acids is 1. The maximum Gasteiger partial charge on any atom is 0.225 e. The summed E-state index contributed by atoms with van der Waals surface area (Å²) in [6.07, 6.45) is 0.456. The van der Waals surface area contributed by atoms with Crippen LogP contribution in [0.1, 0.15) is 12.1 Å². The average Bonchev–Trinajstić information content (AvgIpc) is 2.75. The summed E-state index contributed by atoms with van der Waals surface area (Å²) in [4.78, 5) is 16.1. The van der Waals surface area contributed by atoms with Crippen molar-refractivity contribution in [3.8, 4) is 0 Å². The van der Waals surface area contributed by atoms with Crippen LogP contribution >= 0.6 is 23.1 Å². The molecule has 1 aromatic carbocycles. The highest BCUT2D eigenvalue weighted by molar-refractivity contribution is 8.01. The molecule has 0 spiro atoms. The molecule has 0 fully saturated rings. The number of benzene rings is 1. The van der Waals surface area contributed by atoms with Crippen LogP contribution in [0.15, 0.2) is 34.0 Å². The van der Waals surface area contributed by atoms with E-state index in [-0.39, 0.29) is 5.91 Å². The van der Waals surface area contributed by atoms with E-state index in [2.05, 4.69) is 10.3 Å². The van der Waals surface area contributed by atoms with Crippen molar-refractivity contribution in [2.45, 2.75) is 17.7 Å². The van der Waals surface area contributed by atoms with E-state index in [0.29, 0.717) is 12.1 Å². The molecule has 0 aliphatic rings. The van der Waals surface area contributed by atoms with Crippen molar-refractivity contribution in [3.63, 3.8) is 0 Å². The van der Waals surface area contributed by atoms with Gasteiger partial charge < -0.3 is 11.1 Å². The molecule has 0 aliphatic heterocycles. The summed E-state index contributed by atoms with van der Waals surface area (Å²) < 4.78 is 1.01. The number of aromatic nitrogens is 1. The molecule has 0 aliphatic carbocycles. The van der Waals surface area contributed by atoms with Gasteiger partial charge in [0.05, 0.1) is 0 Å². The molecule has 0 saturated heterocycles. The van der Waals surface area contributed by atoms with E-state index < -0.39 is 0 Å². The first-order valence-corrected chi connectivity index (χ1v) is 7.70. The van der Waals surface area contributed by atoms with E-state index >= 15 is 0 Å². The predicted octanol–water partition coefficient (Wildman–Crippen LogP) is 3.15. The molecule has 1 amide bonds. The van der Waals surface area contributed by atoms with E-state index in [0.717, 1.165) is 21.5 Å². The summed E-state index contributed by atoms with van der Waals surface area (Å²) in [6.45, 7) is 1.97. The molecule has 1 aromatic heterocycles. The Morgan fingerprint density at radius 1 is 1.53 bits per heavy atom. The van der Waals surface area contributed by atoms with E-state index in [1.807, 2.05) is 24.4 Å². The molecule has 0 bridgehead atoms. The zero-order valence-corrected chi connectivity index (χ0v) is 12.2. The standard InChI is InChI=1S/C13H15N3OS2/c1-9-8-19-13(15-9)18-6-5-12(17)16-11-4-2-3-10(14)7-11/h2-4,7-8H,5-6,14H2,1H3,(H,16,17). The number of nitrogens with zero attached hydrogens (tertiary/aromatic N) is 1. The van der Waals surface area contributed by atoms with Gasteiger partial charge in [-0.1, -0.05) is 17.8 Å². The van der Waals surface area contributed by atoms with Crippen molar-refractivity contribution in [2.24, 2.45) is 0 Å². The number of nitrogens with one attached hydrogen (secondary N) is 1. The van der Waals surface area contributed by atoms with Crippen LogP contribution in [0.3, 0.4) is 0 Å². The fourth-order valence-electron chi connectivity index (χ4n) is 1.47. The first kappa shape index (κ1) is 13.9. The number of hydrogen-bond acceptors (Lipinski definition) is 5. The first-order chi connectivity index (χ1) is 9.13. The lowest BCUT2D eigenvalue weighted by Gasteiger charge is -2.05. The molecule has 6 heteroatoms. The van der Waals surface area contributed by atoms with E-state index in [1.165, 1.54) is 0 Å². The van der Waals surface area contributed by atoms with Gasteiger partial charge in [0.2, 0.25) is 5.91 Å². The number of hydrogen-bond donors (Lipinski definition) is 2. The summed E-state index contributed by atoms with van der Waals surface area (Å²) in [6, 6.07) is 7.18. The molecule has 0 radical (unpaired) electrons. The molecule has 3 N–H and O–H groups in total. The van der Waals surface area contributed by atoms with Crippen molar-refractivity contribution < 1.29 is 4.79 Å². The summed E-state index contributed by atoms with van der Waals surface area (Å²) in [5, 5.41) is 4.83. The lowest BCUT2D eigenvalue weighted by atomic mass is 10.3. The topological polar surface area (TPSA) is 68.0 Å². The van der Waals surface area contributed by atoms with Crippen molar-refractivity contribution in [3.05, 3.63) is 35.3 Å². The molecule has 0 atom stereocenters. The van der Waals surface area contributed by atoms with Gasteiger partial charge in [0.15, 0.2) is 0 Å². The van der Waals surface area contributed by atoms with Crippen LogP contribution in [-0.2, 0) is 4.79 Å². The van der Waals surface area contributed by atoms with Crippen LogP contribution in [0, 0.1) is 6.92 Å². The Labute approximate surface area is 120 Å². The van der Waals surface area contributed by atoms with E-state index in [4.69, 9.17) is 5.73 Å². The maximum atomic E-state index is 11.7. The number of aryl methyl sites for hydroxylation is 1. The van der Waals surface area contributed by atoms with Crippen molar-refractivity contribution in [1.82, 2.24) is 4.98 Å². The lowest BCUT2D eigenvalue weighted by Crippen LogP contribution is -2.12. The number of nitrogens with two attached hydrogens (primary N) is 1. The fourth-order valence-corrected chi connectivity index (χ4v) is 3.33. The predicted molar refractivity (Wildman–Crippen MR) is 81.7 cm³/mol. The zero-order valence-electron chi connectivity index (χ0n) is 10.6. The van der Waals surface area contributed by atoms with Gasteiger partial charge in [-0.15, -0.1) is 11.3 Å². The highest BCUT2D eigenvalue weighted by atomic mass is 32.2. The number of nitrogen functional groups attached to an aromatic ring is 1. The second-order valence-corrected chi connectivity index (χ2v) is 6.23. The van der Waals surface area contributed by atoms with Crippen LogP contribution in [0.2, 0.25) is 0 Å². The Balaban J connectivity index is 1.76. The van der Waals surface area contributed by atoms with Crippen LogP contribution in [0.4, 0.5) is 11.4 Å². The molecular formula is C13H15N3OS2. The second kappa shape index (κ2) is 6.58. The molecule has 2 aromatic rings. The number of rotatable bonds is 5. The smallest absolute Gasteiger partial charge is 0.225 e. The minimum atomic E-state index is -0.00798. The third-order valence-electron chi connectivity index (χ3n) is 2.32. The van der Waals surface area contributed by atoms with Gasteiger partial charge in [0.1, 0.15) is 4.34 Å². The Hall–Kier alpha value is -1.53. The summed E-state index contributed by atoms with van der Waals surface area (Å²) in [5.74, 6) is 0.715. The first-order valence-electron chi connectivity index (χ1n) is 5.84. The molecule has 1 heterocycles. The van der Waals surface area contributed by atoms with Crippen molar-refractivity contribution >= 4 is 40.4 Å². The summed E-state index contributed by atoms with van der Waals surface area (Å²) in [7, 11) is 0. The van der Waals surface area contributed by atoms with Crippen molar-refractivity contribution in [2.75, 3.05) is 16.8 Å². The largest absolute Gasteiger partial charge is 0.399 e. The lowest BCUT2D eigenvalue weighted by molar-refractivity contribution is -0.115. The van der Waals surface area contributed by atoms with E-state index in [1.54, 1.807) is 35.2 Å². The van der Waals surface area contributed by atoms with Crippen molar-refractivity contribution in [1.29, 1.82) is 0 Å². The van der Waals surface area contributed by atoms with Crippen LogP contribution < -0.4 is 11.1 Å². The average molecular weight is 293 g/mol. The zero-order chi connectivity index (χ0) is 13.7. The van der Waals surface area contributed by atoms with Crippen LogP contribution in [-0.4, -0.2) is 16.6 Å². The Kier molecular flexibility index (Phi) is 4.81. The van der Waals surface area contributed by atoms with Gasteiger partial charge in [-0.25, -0.2) is 4.98 Å². The van der Waals surface area contributed by atoms with E-state index in [9.17, 15) is 4.79 Å². The molecule has 100 valence electrons. The molecular weight excluding hydrogens is 278 g/mol. The Morgan fingerprint density at radius 3 is 3.05 bits per heavy atom. The maximum absolute atomic E-state index is 11.7. The third kappa shape index (κ3) is 4.57. The minimum absolute atomic E-state index is 0.00798. The monoisotopic (exact) mass is 293 g/mol. The molecule has 0 unspecified atom stereocenters. The Morgan fingerprint density at radius 2 is 2.37 bits per heavy atom. The summed E-state index contributed by atoms with van der Waals surface area (Å²) in [5.41, 5.74) is 8.06. The number of carbonyl (C=O) groups is 1. The minimum Gasteiger partial charge on any atom is -0.399 e. The third-order valence-corrected chi connectivity index (χ3v) is 4.46. The van der Waals surface area contributed by atoms with Gasteiger partial charge >= 0.3 is 0 Å². The normalized spacial score (nSPS) is 10.4. The summed E-state index contributed by atoms with van der Waals surface area (Å²) >= 11 is 3.22. The SMILES string of the molecule is Cc1csc(SCCC(=O)Nc2cccc(N)c2)n1. The van der Waals surface area contributed by atoms with Gasteiger partial charge in [-0.2, -0.15) is 0 Å². The van der Waals surface area contributed by atoms with Gasteiger partial charge in [0, 0.05) is 34.6 Å². The van der Waals surface area contributed by atoms with Gasteiger partial charge in [0.25, 0.3) is 0 Å². The fraction of sp³-hybridized carbons (Fsp3) is 0.231. The number of thiazole rings is 1. The van der Waals surface area contributed by atoms with Crippen LogP contribution in [0.25, 0.3) is 0 Å². The number of anilines is 2. The molecule has 19 heavy (non-hydrogen) atoms. The highest BCUT2D eigenvalue weighted by Crippen LogP contribution is 2.23. The molecule has 4 nitrogen and oxygen atoms in total.